The minimum absolute atomic E-state index is 0.0560. The first-order valence-electron chi connectivity index (χ1n) is 6.21. The molecule has 2 N–H and O–H groups in total. The molecule has 7 nitrogen and oxygen atoms in total. The van der Waals surface area contributed by atoms with Gasteiger partial charge in [-0.05, 0) is 12.5 Å². The van der Waals surface area contributed by atoms with Crippen LogP contribution in [0.3, 0.4) is 0 Å². The van der Waals surface area contributed by atoms with Crippen molar-refractivity contribution in [3.05, 3.63) is 45.5 Å². The fourth-order valence-corrected chi connectivity index (χ4v) is 2.64. The number of aliphatic carboxylic acids is 1. The standard InChI is InChI=1S/C13H13N3O4S/c1-2-8(12(17)18)10-7-21-13(15-10)14-9-5-3-4-6-11(9)16(19)20/h3-8H,2H2,1H3,(H,14,15)(H,17,18). The normalized spacial score (nSPS) is 11.9. The number of nitro groups is 1. The molecule has 1 unspecified atom stereocenters. The van der Waals surface area contributed by atoms with Crippen LogP contribution in [-0.4, -0.2) is 21.0 Å². The maximum atomic E-state index is 11.1. The Morgan fingerprint density at radius 1 is 1.52 bits per heavy atom. The lowest BCUT2D eigenvalue weighted by Gasteiger charge is -2.05. The number of carbonyl (C=O) groups is 1. The van der Waals surface area contributed by atoms with Gasteiger partial charge in [-0.2, -0.15) is 0 Å². The molecular formula is C13H13N3O4S. The van der Waals surface area contributed by atoms with E-state index >= 15 is 0 Å². The molecular weight excluding hydrogens is 294 g/mol. The van der Waals surface area contributed by atoms with Gasteiger partial charge >= 0.3 is 5.97 Å². The van der Waals surface area contributed by atoms with E-state index in [4.69, 9.17) is 5.11 Å². The van der Waals surface area contributed by atoms with Crippen LogP contribution < -0.4 is 5.32 Å². The number of hydrogen-bond donors (Lipinski definition) is 2. The zero-order chi connectivity index (χ0) is 15.4. The molecule has 0 radical (unpaired) electrons. The van der Waals surface area contributed by atoms with Crippen molar-refractivity contribution in [1.82, 2.24) is 4.98 Å². The Morgan fingerprint density at radius 3 is 2.86 bits per heavy atom. The molecule has 1 heterocycles. The quantitative estimate of drug-likeness (QED) is 0.626. The van der Waals surface area contributed by atoms with E-state index in [9.17, 15) is 14.9 Å². The van der Waals surface area contributed by atoms with Crippen LogP contribution in [0.15, 0.2) is 29.6 Å². The molecule has 0 amide bonds. The second-order valence-corrected chi connectivity index (χ2v) is 5.13. The molecule has 2 rings (SSSR count). The van der Waals surface area contributed by atoms with Crippen molar-refractivity contribution in [3.8, 4) is 0 Å². The molecule has 110 valence electrons. The number of nitro benzene ring substituents is 1. The summed E-state index contributed by atoms with van der Waals surface area (Å²) < 4.78 is 0. The van der Waals surface area contributed by atoms with Gasteiger partial charge in [0.15, 0.2) is 5.13 Å². The summed E-state index contributed by atoms with van der Waals surface area (Å²) in [7, 11) is 0. The number of aromatic nitrogens is 1. The number of hydrogen-bond acceptors (Lipinski definition) is 6. The van der Waals surface area contributed by atoms with E-state index in [1.807, 2.05) is 0 Å². The Bertz CT molecular complexity index is 671. The van der Waals surface area contributed by atoms with Crippen LogP contribution >= 0.6 is 11.3 Å². The van der Waals surface area contributed by atoms with E-state index in [0.717, 1.165) is 0 Å². The summed E-state index contributed by atoms with van der Waals surface area (Å²) in [6, 6.07) is 6.22. The minimum Gasteiger partial charge on any atom is -0.481 e. The summed E-state index contributed by atoms with van der Waals surface area (Å²) in [5.74, 6) is -1.59. The monoisotopic (exact) mass is 307 g/mol. The van der Waals surface area contributed by atoms with Crippen LogP contribution in [-0.2, 0) is 4.79 Å². The second kappa shape index (κ2) is 6.31. The van der Waals surface area contributed by atoms with Crippen LogP contribution in [0.5, 0.6) is 0 Å². The molecule has 0 aliphatic heterocycles. The average Bonchev–Trinajstić information content (AvgIpc) is 2.87. The zero-order valence-electron chi connectivity index (χ0n) is 11.1. The fourth-order valence-electron chi connectivity index (χ4n) is 1.87. The third-order valence-electron chi connectivity index (χ3n) is 2.93. The summed E-state index contributed by atoms with van der Waals surface area (Å²) in [4.78, 5) is 25.7. The van der Waals surface area contributed by atoms with Gasteiger partial charge in [0.05, 0.1) is 16.5 Å². The van der Waals surface area contributed by atoms with E-state index in [1.165, 1.54) is 17.4 Å². The predicted octanol–water partition coefficient (Wildman–Crippen LogP) is 3.37. The van der Waals surface area contributed by atoms with Gasteiger partial charge < -0.3 is 10.4 Å². The van der Waals surface area contributed by atoms with Crippen LogP contribution in [0.2, 0.25) is 0 Å². The average molecular weight is 307 g/mol. The molecule has 0 spiro atoms. The van der Waals surface area contributed by atoms with Crippen molar-refractivity contribution >= 4 is 33.8 Å². The predicted molar refractivity (Wildman–Crippen MR) is 79.2 cm³/mol. The van der Waals surface area contributed by atoms with Crippen molar-refractivity contribution < 1.29 is 14.8 Å². The molecule has 0 aliphatic rings. The lowest BCUT2D eigenvalue weighted by atomic mass is 10.0. The van der Waals surface area contributed by atoms with E-state index in [1.54, 1.807) is 30.5 Å². The smallest absolute Gasteiger partial charge is 0.312 e. The molecule has 21 heavy (non-hydrogen) atoms. The maximum absolute atomic E-state index is 11.1. The van der Waals surface area contributed by atoms with Gasteiger partial charge in [-0.25, -0.2) is 4.98 Å². The summed E-state index contributed by atoms with van der Waals surface area (Å²) in [6.07, 6.45) is 0.435. The van der Waals surface area contributed by atoms with Gasteiger partial charge in [0.1, 0.15) is 5.69 Å². The van der Waals surface area contributed by atoms with Crippen LogP contribution in [0.4, 0.5) is 16.5 Å². The molecule has 0 saturated heterocycles. The Kier molecular flexibility index (Phi) is 4.49. The van der Waals surface area contributed by atoms with Gasteiger partial charge in [0.2, 0.25) is 0 Å². The highest BCUT2D eigenvalue weighted by molar-refractivity contribution is 7.13. The van der Waals surface area contributed by atoms with Crippen molar-refractivity contribution in [2.75, 3.05) is 5.32 Å². The number of nitrogens with one attached hydrogen (secondary N) is 1. The van der Waals surface area contributed by atoms with Crippen LogP contribution in [0.25, 0.3) is 0 Å². The summed E-state index contributed by atoms with van der Waals surface area (Å²) in [5, 5.41) is 25.0. The molecule has 2 aromatic rings. The number of benzene rings is 1. The molecule has 1 atom stereocenters. The largest absolute Gasteiger partial charge is 0.481 e. The summed E-state index contributed by atoms with van der Waals surface area (Å²) >= 11 is 1.22. The Morgan fingerprint density at radius 2 is 2.24 bits per heavy atom. The van der Waals surface area contributed by atoms with Gasteiger partial charge in [-0.3, -0.25) is 14.9 Å². The number of rotatable bonds is 6. The molecule has 0 fully saturated rings. The summed E-state index contributed by atoms with van der Waals surface area (Å²) in [6.45, 7) is 1.77. The van der Waals surface area contributed by atoms with Crippen molar-refractivity contribution in [2.45, 2.75) is 19.3 Å². The molecule has 1 aromatic carbocycles. The number of carboxylic acids is 1. The van der Waals surface area contributed by atoms with Crippen molar-refractivity contribution in [1.29, 1.82) is 0 Å². The van der Waals surface area contributed by atoms with Gasteiger partial charge in [0.25, 0.3) is 5.69 Å². The first-order chi connectivity index (χ1) is 10.0. The summed E-state index contributed by atoms with van der Waals surface area (Å²) in [5.41, 5.74) is 0.724. The molecule has 0 bridgehead atoms. The number of thiazole rings is 1. The van der Waals surface area contributed by atoms with E-state index in [-0.39, 0.29) is 5.69 Å². The van der Waals surface area contributed by atoms with Crippen LogP contribution in [0.1, 0.15) is 25.0 Å². The lowest BCUT2D eigenvalue weighted by Crippen LogP contribution is -2.10. The number of carboxylic acid groups (broad SMARTS) is 1. The molecule has 0 saturated carbocycles. The molecule has 8 heteroatoms. The lowest BCUT2D eigenvalue weighted by molar-refractivity contribution is -0.383. The van der Waals surface area contributed by atoms with Crippen molar-refractivity contribution in [3.63, 3.8) is 0 Å². The highest BCUT2D eigenvalue weighted by Gasteiger charge is 2.21. The maximum Gasteiger partial charge on any atom is 0.312 e. The highest BCUT2D eigenvalue weighted by atomic mass is 32.1. The van der Waals surface area contributed by atoms with E-state index in [2.05, 4.69) is 10.3 Å². The van der Waals surface area contributed by atoms with Gasteiger partial charge in [0, 0.05) is 11.4 Å². The topological polar surface area (TPSA) is 105 Å². The highest BCUT2D eigenvalue weighted by Crippen LogP contribution is 2.30. The van der Waals surface area contributed by atoms with Gasteiger partial charge in [-0.15, -0.1) is 11.3 Å². The number of anilines is 2. The van der Waals surface area contributed by atoms with E-state index in [0.29, 0.717) is 22.9 Å². The first-order valence-corrected chi connectivity index (χ1v) is 7.09. The Labute approximate surface area is 124 Å². The minimum atomic E-state index is -0.931. The second-order valence-electron chi connectivity index (χ2n) is 4.28. The molecule has 1 aromatic heterocycles. The molecule has 0 aliphatic carbocycles. The SMILES string of the molecule is CCC(C(=O)O)c1csc(Nc2ccccc2[N+](=O)[O-])n1. The third-order valence-corrected chi connectivity index (χ3v) is 3.70. The Balaban J connectivity index is 2.24. The van der Waals surface area contributed by atoms with Crippen molar-refractivity contribution in [2.24, 2.45) is 0 Å². The Hall–Kier alpha value is -2.48. The first kappa shape index (κ1) is 14.9. The van der Waals surface area contributed by atoms with E-state index < -0.39 is 16.8 Å². The third kappa shape index (κ3) is 3.34. The van der Waals surface area contributed by atoms with Gasteiger partial charge in [-0.1, -0.05) is 19.1 Å². The number of nitrogens with zero attached hydrogens (tertiary/aromatic N) is 2. The zero-order valence-corrected chi connectivity index (χ0v) is 12.0. The van der Waals surface area contributed by atoms with Crippen LogP contribution in [0, 0.1) is 10.1 Å². The fraction of sp³-hybridized carbons (Fsp3) is 0.231. The number of para-hydroxylation sites is 2.